The number of aliphatic carboxylic acids is 2. The molecule has 0 aliphatic carbocycles. The van der Waals surface area contributed by atoms with Gasteiger partial charge >= 0.3 is 11.9 Å². The van der Waals surface area contributed by atoms with E-state index >= 15 is 0 Å². The molecule has 2 aliphatic heterocycles. The van der Waals surface area contributed by atoms with Crippen LogP contribution in [0.3, 0.4) is 0 Å². The summed E-state index contributed by atoms with van der Waals surface area (Å²) in [7, 11) is 0. The van der Waals surface area contributed by atoms with Gasteiger partial charge in [0.05, 0.1) is 24.2 Å². The molecule has 2 aromatic carbocycles. The molecule has 0 bridgehead atoms. The average molecular weight is 1040 g/mol. The van der Waals surface area contributed by atoms with E-state index in [0.29, 0.717) is 16.8 Å². The van der Waals surface area contributed by atoms with Gasteiger partial charge in [0.15, 0.2) is 5.96 Å². The monoisotopic (exact) mass is 1040 g/mol. The second-order valence-corrected chi connectivity index (χ2v) is 18.6. The van der Waals surface area contributed by atoms with Gasteiger partial charge in [-0.05, 0) is 48.9 Å². The highest BCUT2D eigenvalue weighted by Crippen LogP contribution is 2.34. The number of carboxylic acid groups (broad SMARTS) is 2. The van der Waals surface area contributed by atoms with E-state index in [1.807, 2.05) is 0 Å². The number of phenolic OH excluding ortho intramolecular Hbond substituents is 1. The average Bonchev–Trinajstić information content (AvgIpc) is 4.03. The van der Waals surface area contributed by atoms with Crippen LogP contribution in [-0.2, 0) is 62.4 Å². The van der Waals surface area contributed by atoms with Gasteiger partial charge in [0, 0.05) is 49.2 Å². The fourth-order valence-electron chi connectivity index (χ4n) is 7.89. The molecular weight excluding hydrogens is 979 g/mol. The van der Waals surface area contributed by atoms with Gasteiger partial charge in [0.1, 0.15) is 48.0 Å². The van der Waals surface area contributed by atoms with E-state index in [9.17, 15) is 58.5 Å². The number of guanidine groups is 1. The van der Waals surface area contributed by atoms with Gasteiger partial charge in [-0.2, -0.15) is 12.6 Å². The number of imidazole rings is 1. The number of hydrogen-bond donors (Lipinski definition) is 14. The number of aromatic amines is 1. The molecule has 2 aliphatic rings. The first kappa shape index (κ1) is 55.5. The number of phenols is 1. The molecule has 388 valence electrons. The van der Waals surface area contributed by atoms with Crippen LogP contribution in [0.5, 0.6) is 5.75 Å². The number of H-pyrrole nitrogens is 1. The molecule has 16 N–H and O–H groups in total. The highest BCUT2D eigenvalue weighted by atomic mass is 32.2. The summed E-state index contributed by atoms with van der Waals surface area (Å²) in [6.07, 6.45) is 2.11. The molecule has 72 heavy (non-hydrogen) atoms. The summed E-state index contributed by atoms with van der Waals surface area (Å²) >= 11 is 5.34. The van der Waals surface area contributed by atoms with Gasteiger partial charge in [-0.1, -0.05) is 42.5 Å². The van der Waals surface area contributed by atoms with Crippen LogP contribution in [0.25, 0.3) is 0 Å². The molecule has 0 spiro atoms. The normalized spacial score (nSPS) is 19.7. The maximum absolute atomic E-state index is 14.8. The number of thioether (sulfide) groups is 1. The number of nitrogens with zero attached hydrogens (tertiary/aromatic N) is 3. The number of nitrogens with one attached hydrogen (secondary N) is 7. The van der Waals surface area contributed by atoms with Gasteiger partial charge in [-0.15, -0.1) is 11.8 Å². The van der Waals surface area contributed by atoms with Crippen molar-refractivity contribution >= 4 is 83.6 Å². The Labute approximate surface area is 422 Å². The Morgan fingerprint density at radius 1 is 0.847 bits per heavy atom. The van der Waals surface area contributed by atoms with Gasteiger partial charge < -0.3 is 74.3 Å². The lowest BCUT2D eigenvalue weighted by Crippen LogP contribution is -2.60. The fourth-order valence-corrected chi connectivity index (χ4v) is 9.51. The van der Waals surface area contributed by atoms with Crippen LogP contribution in [0.4, 0.5) is 0 Å². The lowest BCUT2D eigenvalue weighted by molar-refractivity contribution is -0.143. The number of carboxylic acids is 2. The number of carbonyl (C=O) groups is 9. The van der Waals surface area contributed by atoms with Crippen molar-refractivity contribution in [3.05, 3.63) is 83.9 Å². The maximum atomic E-state index is 14.8. The van der Waals surface area contributed by atoms with E-state index in [0.717, 1.165) is 11.8 Å². The molecule has 3 aromatic rings. The standard InChI is InChI=1S/C45H59N13O12S2/c46-27(18-36(60)61)37(62)52-28(7-4-14-50-45(47)48)38(63)57-33-21-72-35-13-12-34(58(35)43(68)30(54-41(33)66)15-24-8-10-26(59)11-9-24)42(67)53-29(17-25-19-49-22-51-25)39(64)56-32(20-71)40(65)55-31(44(69)70)16-23-5-2-1-3-6-23/h1-3,5-6,8-11,19,22,27-35,59,71H,4,7,12-18,20-21,46H2,(H,49,51)(H,52,62)(H,53,67)(H,54,66)(H,55,65)(H,56,64)(H,57,63)(H,60,61)(H,69,70)(H4,47,48,50)/t27-,28-,29-,30-,31-,32-,33-,34-,35-/m0/s1. The number of amides is 7. The highest BCUT2D eigenvalue weighted by Gasteiger charge is 2.46. The van der Waals surface area contributed by atoms with E-state index < -0.39 is 113 Å². The number of aromatic hydroxyl groups is 1. The highest BCUT2D eigenvalue weighted by molar-refractivity contribution is 7.99. The van der Waals surface area contributed by atoms with Crippen molar-refractivity contribution < 1.29 is 58.5 Å². The summed E-state index contributed by atoms with van der Waals surface area (Å²) in [5, 5.41) is 43.8. The number of hydrogen-bond acceptors (Lipinski definition) is 15. The van der Waals surface area contributed by atoms with Crippen LogP contribution in [0.1, 0.15) is 48.9 Å². The first-order valence-electron chi connectivity index (χ1n) is 22.7. The topological polar surface area (TPSA) is 409 Å². The predicted octanol–water partition coefficient (Wildman–Crippen LogP) is -3.01. The van der Waals surface area contributed by atoms with Crippen LogP contribution in [0.2, 0.25) is 0 Å². The van der Waals surface area contributed by atoms with Crippen LogP contribution in [0.15, 0.2) is 72.1 Å². The molecule has 2 fully saturated rings. The van der Waals surface area contributed by atoms with Gasteiger partial charge in [-0.25, -0.2) is 9.78 Å². The molecule has 25 nitrogen and oxygen atoms in total. The van der Waals surface area contributed by atoms with Gasteiger partial charge in [0.2, 0.25) is 41.4 Å². The summed E-state index contributed by atoms with van der Waals surface area (Å²) in [6, 6.07) is 3.61. The third kappa shape index (κ3) is 16.3. The zero-order chi connectivity index (χ0) is 52.5. The Kier molecular flexibility index (Phi) is 20.6. The Morgan fingerprint density at radius 2 is 1.53 bits per heavy atom. The van der Waals surface area contributed by atoms with Crippen molar-refractivity contribution in [1.82, 2.24) is 46.8 Å². The van der Waals surface area contributed by atoms with Crippen LogP contribution < -0.4 is 49.1 Å². The SMILES string of the molecule is NC(N)=NCCC[C@H](NC(=O)[C@@H](N)CC(=O)O)C(=O)N[C@H]1CS[C@H]2CC[C@@H](C(=O)N[C@@H](Cc3cnc[nH]3)C(=O)N[C@@H](CS)C(=O)N[C@@H](Cc3ccccc3)C(=O)O)N2C(=O)[C@H](Cc2ccc(O)cc2)NC1=O. The molecule has 2 saturated heterocycles. The van der Waals surface area contributed by atoms with E-state index in [1.54, 1.807) is 30.3 Å². The predicted molar refractivity (Wildman–Crippen MR) is 264 cm³/mol. The van der Waals surface area contributed by atoms with Crippen molar-refractivity contribution in [2.45, 2.75) is 105 Å². The van der Waals surface area contributed by atoms with Gasteiger partial charge in [0.25, 0.3) is 0 Å². The van der Waals surface area contributed by atoms with E-state index in [2.05, 4.69) is 59.5 Å². The van der Waals surface area contributed by atoms with Crippen molar-refractivity contribution in [1.29, 1.82) is 0 Å². The Bertz CT molecular complexity index is 2430. The van der Waals surface area contributed by atoms with Crippen molar-refractivity contribution in [3.63, 3.8) is 0 Å². The molecule has 1 aromatic heterocycles. The molecule has 0 unspecified atom stereocenters. The molecular formula is C45H59N13O12S2. The van der Waals surface area contributed by atoms with Crippen LogP contribution in [0, 0.1) is 0 Å². The lowest BCUT2D eigenvalue weighted by atomic mass is 10.0. The van der Waals surface area contributed by atoms with Crippen LogP contribution in [-0.4, -0.2) is 161 Å². The fraction of sp³-hybridized carbons (Fsp3) is 0.444. The zero-order valence-electron chi connectivity index (χ0n) is 38.8. The van der Waals surface area contributed by atoms with Crippen LogP contribution >= 0.6 is 24.4 Å². The van der Waals surface area contributed by atoms with E-state index in [-0.39, 0.29) is 74.7 Å². The number of carbonyl (C=O) groups excluding carboxylic acids is 7. The van der Waals surface area contributed by atoms with Gasteiger partial charge in [-0.3, -0.25) is 43.3 Å². The second-order valence-electron chi connectivity index (χ2n) is 17.0. The molecule has 3 heterocycles. The van der Waals surface area contributed by atoms with Crippen molar-refractivity contribution in [2.75, 3.05) is 18.1 Å². The largest absolute Gasteiger partial charge is 0.508 e. The first-order chi connectivity index (χ1) is 34.3. The van der Waals surface area contributed by atoms with E-state index in [4.69, 9.17) is 17.2 Å². The number of fused-ring (bicyclic) bond motifs is 1. The lowest BCUT2D eigenvalue weighted by Gasteiger charge is -2.33. The third-order valence-electron chi connectivity index (χ3n) is 11.6. The zero-order valence-corrected chi connectivity index (χ0v) is 40.5. The number of aliphatic imine (C=N–C) groups is 1. The maximum Gasteiger partial charge on any atom is 0.326 e. The Morgan fingerprint density at radius 3 is 2.17 bits per heavy atom. The number of aromatic nitrogens is 2. The Hall–Kier alpha value is -7.39. The number of thiol groups is 1. The molecule has 7 amide bonds. The number of rotatable bonds is 24. The summed E-state index contributed by atoms with van der Waals surface area (Å²) in [5.74, 6) is -9.05. The first-order valence-corrected chi connectivity index (χ1v) is 24.4. The minimum Gasteiger partial charge on any atom is -0.508 e. The van der Waals surface area contributed by atoms with Crippen molar-refractivity contribution in [2.24, 2.45) is 22.2 Å². The van der Waals surface area contributed by atoms with E-state index in [1.165, 1.54) is 41.7 Å². The summed E-state index contributed by atoms with van der Waals surface area (Å²) in [4.78, 5) is 133. The quantitative estimate of drug-likeness (QED) is 0.0184. The third-order valence-corrected chi connectivity index (χ3v) is 13.3. The van der Waals surface area contributed by atoms with Crippen molar-refractivity contribution in [3.8, 4) is 5.75 Å². The number of nitrogens with two attached hydrogens (primary N) is 3. The summed E-state index contributed by atoms with van der Waals surface area (Å²) in [5.41, 5.74) is 18.2. The minimum atomic E-state index is -1.51. The molecule has 0 radical (unpaired) electrons. The smallest absolute Gasteiger partial charge is 0.326 e. The molecule has 9 atom stereocenters. The second kappa shape index (κ2) is 26.7. The molecule has 5 rings (SSSR count). The Balaban J connectivity index is 1.37. The minimum absolute atomic E-state index is 0.0472. The molecule has 0 saturated carbocycles. The summed E-state index contributed by atoms with van der Waals surface area (Å²) in [6.45, 7) is 0.0582. The summed E-state index contributed by atoms with van der Waals surface area (Å²) < 4.78 is 0. The molecule has 27 heteroatoms. The number of benzene rings is 2.